The summed E-state index contributed by atoms with van der Waals surface area (Å²) in [5.74, 6) is -0.186. The topological polar surface area (TPSA) is 149 Å². The number of hydrogen-bond donors (Lipinski definition) is 6. The lowest BCUT2D eigenvalue weighted by molar-refractivity contribution is -0.302. The summed E-state index contributed by atoms with van der Waals surface area (Å²) >= 11 is 0. The van der Waals surface area contributed by atoms with Crippen molar-refractivity contribution < 1.29 is 39.8 Å². The second-order valence-electron chi connectivity index (χ2n) is 19.7. The second kappa shape index (κ2) is 47.1. The van der Waals surface area contributed by atoms with E-state index in [4.69, 9.17) is 9.47 Å². The van der Waals surface area contributed by atoms with Crippen molar-refractivity contribution in [2.45, 2.75) is 307 Å². The van der Waals surface area contributed by atoms with Crippen LogP contribution in [0.4, 0.5) is 0 Å². The first-order chi connectivity index (χ1) is 32.3. The number of aliphatic hydroxyl groups excluding tert-OH is 5. The quantitative estimate of drug-likeness (QED) is 0.0261. The van der Waals surface area contributed by atoms with Gasteiger partial charge in [0.05, 0.1) is 25.4 Å². The molecule has 9 heteroatoms. The number of unbranched alkanes of at least 4 members (excludes halogenated alkanes) is 34. The maximum Gasteiger partial charge on any atom is 0.220 e. The van der Waals surface area contributed by atoms with Gasteiger partial charge in [0, 0.05) is 6.42 Å². The second-order valence-corrected chi connectivity index (χ2v) is 19.7. The molecule has 0 aromatic carbocycles. The van der Waals surface area contributed by atoms with Gasteiger partial charge in [0.15, 0.2) is 6.29 Å². The molecule has 0 aromatic rings. The number of amides is 1. The molecule has 6 N–H and O–H groups in total. The highest BCUT2D eigenvalue weighted by atomic mass is 16.7. The zero-order chi connectivity index (χ0) is 48.0. The van der Waals surface area contributed by atoms with Crippen LogP contribution in [-0.4, -0.2) is 87.5 Å². The summed E-state index contributed by atoms with van der Waals surface area (Å²) in [7, 11) is 0. The average molecular weight is 934 g/mol. The largest absolute Gasteiger partial charge is 0.394 e. The number of carbonyl (C=O) groups excluding carboxylic acids is 1. The van der Waals surface area contributed by atoms with Crippen molar-refractivity contribution in [2.75, 3.05) is 13.2 Å². The van der Waals surface area contributed by atoms with Gasteiger partial charge >= 0.3 is 0 Å². The van der Waals surface area contributed by atoms with Crippen LogP contribution in [0.25, 0.3) is 0 Å². The van der Waals surface area contributed by atoms with Crippen LogP contribution in [-0.2, 0) is 14.3 Å². The summed E-state index contributed by atoms with van der Waals surface area (Å²) in [6.45, 7) is 3.78. The Hall–Kier alpha value is -1.59. The van der Waals surface area contributed by atoms with Crippen molar-refractivity contribution in [3.05, 3.63) is 36.5 Å². The highest BCUT2D eigenvalue weighted by Gasteiger charge is 2.44. The van der Waals surface area contributed by atoms with E-state index in [1.165, 1.54) is 199 Å². The maximum absolute atomic E-state index is 13.0. The number of aliphatic hydroxyl groups is 5. The van der Waals surface area contributed by atoms with E-state index in [1.807, 2.05) is 6.08 Å². The Kier molecular flexibility index (Phi) is 44.6. The van der Waals surface area contributed by atoms with Crippen molar-refractivity contribution in [2.24, 2.45) is 0 Å². The third kappa shape index (κ3) is 36.4. The predicted molar refractivity (Wildman–Crippen MR) is 276 cm³/mol. The van der Waals surface area contributed by atoms with Crippen molar-refractivity contribution in [3.8, 4) is 0 Å². The monoisotopic (exact) mass is 934 g/mol. The lowest BCUT2D eigenvalue weighted by atomic mass is 9.99. The molecule has 1 heterocycles. The first-order valence-corrected chi connectivity index (χ1v) is 28.2. The molecule has 7 atom stereocenters. The van der Waals surface area contributed by atoms with E-state index < -0.39 is 49.5 Å². The lowest BCUT2D eigenvalue weighted by Gasteiger charge is -2.40. The molecule has 1 aliphatic rings. The van der Waals surface area contributed by atoms with Gasteiger partial charge in [-0.3, -0.25) is 4.79 Å². The summed E-state index contributed by atoms with van der Waals surface area (Å²) in [5, 5.41) is 54.4. The van der Waals surface area contributed by atoms with Crippen molar-refractivity contribution in [1.82, 2.24) is 5.32 Å². The zero-order valence-electron chi connectivity index (χ0n) is 43.0. The molecule has 388 valence electrons. The maximum atomic E-state index is 13.0. The van der Waals surface area contributed by atoms with Crippen molar-refractivity contribution in [3.63, 3.8) is 0 Å². The average Bonchev–Trinajstić information content (AvgIpc) is 3.32. The SMILES string of the molecule is CCCCCCCCCCC/C=C/CC/C=C/CC/C=C/C(O)C(COC1OC(CO)C(O)C(O)C1O)NC(=O)CCCCCCCCCCCCCCCCCCCCCCCCCC. The standard InChI is InChI=1S/C57H107NO8/c1-3-5-7-9-11-13-15-17-19-21-23-24-25-26-27-29-31-33-35-37-39-41-43-45-47-53(61)58-50(49-65-57-56(64)55(63)54(62)52(48-59)66-57)51(60)46-44-42-40-38-36-34-32-30-28-22-20-18-16-14-12-10-8-6-4-2/h28,30,36,38,44,46,50-52,54-57,59-60,62-64H,3-27,29,31-35,37,39-43,45,47-49H2,1-2H3,(H,58,61)/b30-28+,38-36+,46-44+. The van der Waals surface area contributed by atoms with Crippen LogP contribution in [0.5, 0.6) is 0 Å². The van der Waals surface area contributed by atoms with E-state index in [0.29, 0.717) is 6.42 Å². The van der Waals surface area contributed by atoms with Crippen LogP contribution in [0.2, 0.25) is 0 Å². The molecule has 0 saturated carbocycles. The van der Waals surface area contributed by atoms with Crippen LogP contribution in [0.1, 0.15) is 264 Å². The van der Waals surface area contributed by atoms with E-state index in [2.05, 4.69) is 43.5 Å². The van der Waals surface area contributed by atoms with Crippen LogP contribution in [0, 0.1) is 0 Å². The van der Waals surface area contributed by atoms with Crippen LogP contribution in [0.15, 0.2) is 36.5 Å². The van der Waals surface area contributed by atoms with Gasteiger partial charge in [-0.2, -0.15) is 0 Å². The molecule has 9 nitrogen and oxygen atoms in total. The minimum atomic E-state index is -1.57. The van der Waals surface area contributed by atoms with Gasteiger partial charge in [-0.25, -0.2) is 0 Å². The molecule has 1 saturated heterocycles. The number of allylic oxidation sites excluding steroid dienone is 5. The Bertz CT molecular complexity index is 1130. The van der Waals surface area contributed by atoms with E-state index in [9.17, 15) is 30.3 Å². The molecule has 1 rings (SSSR count). The third-order valence-corrected chi connectivity index (χ3v) is 13.4. The fraction of sp³-hybridized carbons (Fsp3) is 0.877. The number of rotatable bonds is 48. The Morgan fingerprint density at radius 1 is 0.500 bits per heavy atom. The molecule has 1 aliphatic heterocycles. The molecule has 1 fully saturated rings. The van der Waals surface area contributed by atoms with Gasteiger partial charge in [0.2, 0.25) is 5.91 Å². The minimum Gasteiger partial charge on any atom is -0.394 e. The molecule has 0 bridgehead atoms. The summed E-state index contributed by atoms with van der Waals surface area (Å²) in [5.41, 5.74) is 0. The number of nitrogens with one attached hydrogen (secondary N) is 1. The molecule has 0 radical (unpaired) electrons. The molecule has 66 heavy (non-hydrogen) atoms. The van der Waals surface area contributed by atoms with Crippen LogP contribution < -0.4 is 5.32 Å². The molecule has 0 spiro atoms. The molecule has 1 amide bonds. The highest BCUT2D eigenvalue weighted by Crippen LogP contribution is 2.23. The van der Waals surface area contributed by atoms with Crippen LogP contribution >= 0.6 is 0 Å². The van der Waals surface area contributed by atoms with Gasteiger partial charge in [-0.15, -0.1) is 0 Å². The molecule has 0 aliphatic carbocycles. The van der Waals surface area contributed by atoms with Crippen molar-refractivity contribution in [1.29, 1.82) is 0 Å². The van der Waals surface area contributed by atoms with E-state index in [1.54, 1.807) is 6.08 Å². The molecular formula is C57H107NO8. The Morgan fingerprint density at radius 3 is 1.27 bits per heavy atom. The molecule has 0 aromatic heterocycles. The summed E-state index contributed by atoms with van der Waals surface area (Å²) in [6, 6.07) is -0.826. The van der Waals surface area contributed by atoms with Gasteiger partial charge in [-0.1, -0.05) is 249 Å². The first-order valence-electron chi connectivity index (χ1n) is 28.2. The fourth-order valence-corrected chi connectivity index (χ4v) is 8.96. The van der Waals surface area contributed by atoms with E-state index in [0.717, 1.165) is 44.9 Å². The van der Waals surface area contributed by atoms with E-state index >= 15 is 0 Å². The van der Waals surface area contributed by atoms with Gasteiger partial charge in [-0.05, 0) is 44.9 Å². The zero-order valence-corrected chi connectivity index (χ0v) is 43.0. The Labute approximate surface area is 406 Å². The third-order valence-electron chi connectivity index (χ3n) is 13.4. The Balaban J connectivity index is 2.25. The Morgan fingerprint density at radius 2 is 0.864 bits per heavy atom. The molecule has 7 unspecified atom stereocenters. The summed E-state index contributed by atoms with van der Waals surface area (Å²) in [6.07, 6.45) is 53.5. The molecular weight excluding hydrogens is 827 g/mol. The van der Waals surface area contributed by atoms with Gasteiger partial charge in [0.25, 0.3) is 0 Å². The number of ether oxygens (including phenoxy) is 2. The normalized spacial score (nSPS) is 20.0. The number of carbonyl (C=O) groups is 1. The summed E-state index contributed by atoms with van der Waals surface area (Å²) in [4.78, 5) is 13.0. The van der Waals surface area contributed by atoms with Gasteiger partial charge in [0.1, 0.15) is 24.4 Å². The first kappa shape index (κ1) is 62.4. The predicted octanol–water partition coefficient (Wildman–Crippen LogP) is 13.6. The van der Waals surface area contributed by atoms with E-state index in [-0.39, 0.29) is 12.5 Å². The van der Waals surface area contributed by atoms with Crippen molar-refractivity contribution >= 4 is 5.91 Å². The lowest BCUT2D eigenvalue weighted by Crippen LogP contribution is -2.60. The smallest absolute Gasteiger partial charge is 0.220 e. The highest BCUT2D eigenvalue weighted by molar-refractivity contribution is 5.76. The summed E-state index contributed by atoms with van der Waals surface area (Å²) < 4.78 is 11.2. The number of hydrogen-bond acceptors (Lipinski definition) is 8. The minimum absolute atomic E-state index is 0.186. The van der Waals surface area contributed by atoms with Crippen LogP contribution in [0.3, 0.4) is 0 Å². The fourth-order valence-electron chi connectivity index (χ4n) is 8.96. The van der Waals surface area contributed by atoms with Gasteiger partial charge < -0.3 is 40.3 Å².